The Morgan fingerprint density at radius 3 is 2.62 bits per heavy atom. The number of thioether (sulfide) groups is 1. The molecule has 3 aromatic carbocycles. The lowest BCUT2D eigenvalue weighted by atomic mass is 10.1. The average Bonchev–Trinajstić information content (AvgIpc) is 2.88. The number of fused-ring (bicyclic) bond motifs is 3. The van der Waals surface area contributed by atoms with Crippen molar-refractivity contribution in [3.8, 4) is 11.3 Å². The van der Waals surface area contributed by atoms with Crippen LogP contribution in [0.25, 0.3) is 11.3 Å². The van der Waals surface area contributed by atoms with Crippen molar-refractivity contribution in [1.29, 1.82) is 0 Å². The van der Waals surface area contributed by atoms with Gasteiger partial charge in [0.15, 0.2) is 5.16 Å². The van der Waals surface area contributed by atoms with Crippen LogP contribution in [0.2, 0.25) is 5.02 Å². The highest BCUT2D eigenvalue weighted by Gasteiger charge is 2.37. The van der Waals surface area contributed by atoms with E-state index in [0.717, 1.165) is 35.5 Å². The molecular formula is C25H17ClF2N4O3S2. The molecule has 0 spiro atoms. The number of hydrogen-bond acceptors (Lipinski definition) is 6. The minimum absolute atomic E-state index is 0.0751. The van der Waals surface area contributed by atoms with Crippen LogP contribution in [0.1, 0.15) is 5.56 Å². The van der Waals surface area contributed by atoms with Gasteiger partial charge in [0, 0.05) is 16.7 Å². The largest absolute Gasteiger partial charge is 0.323 e. The lowest BCUT2D eigenvalue weighted by molar-refractivity contribution is -0.113. The van der Waals surface area contributed by atoms with Crippen molar-refractivity contribution in [3.63, 3.8) is 0 Å². The van der Waals surface area contributed by atoms with E-state index in [1.807, 2.05) is 30.3 Å². The molecule has 1 aliphatic rings. The van der Waals surface area contributed by atoms with Crippen molar-refractivity contribution in [2.75, 3.05) is 15.4 Å². The molecule has 5 rings (SSSR count). The molecule has 188 valence electrons. The Bertz CT molecular complexity index is 1620. The van der Waals surface area contributed by atoms with Gasteiger partial charge in [0.2, 0.25) is 5.91 Å². The van der Waals surface area contributed by atoms with E-state index in [0.29, 0.717) is 16.3 Å². The van der Waals surface area contributed by atoms with Crippen LogP contribution in [0.3, 0.4) is 0 Å². The van der Waals surface area contributed by atoms with Gasteiger partial charge in [-0.1, -0.05) is 53.7 Å². The molecular weight excluding hydrogens is 542 g/mol. The van der Waals surface area contributed by atoms with Crippen molar-refractivity contribution in [2.24, 2.45) is 0 Å². The van der Waals surface area contributed by atoms with E-state index in [1.165, 1.54) is 10.5 Å². The summed E-state index contributed by atoms with van der Waals surface area (Å²) in [6.07, 6.45) is 1.21. The third-order valence-electron chi connectivity index (χ3n) is 5.49. The quantitative estimate of drug-likeness (QED) is 0.248. The van der Waals surface area contributed by atoms with Crippen LogP contribution in [0.15, 0.2) is 83.0 Å². The highest BCUT2D eigenvalue weighted by Crippen LogP contribution is 2.44. The molecule has 2 heterocycles. The molecule has 0 radical (unpaired) electrons. The summed E-state index contributed by atoms with van der Waals surface area (Å²) >= 11 is 7.14. The first-order valence-electron chi connectivity index (χ1n) is 10.8. The van der Waals surface area contributed by atoms with Crippen molar-refractivity contribution >= 4 is 50.7 Å². The Kier molecular flexibility index (Phi) is 6.84. The maximum Gasteiger partial charge on any atom is 0.268 e. The monoisotopic (exact) mass is 558 g/mol. The zero-order chi connectivity index (χ0) is 26.2. The number of nitrogens with zero attached hydrogens (tertiary/aromatic N) is 3. The molecule has 1 aliphatic heterocycles. The first kappa shape index (κ1) is 25.1. The summed E-state index contributed by atoms with van der Waals surface area (Å²) in [4.78, 5) is 20.8. The molecule has 7 nitrogen and oxygen atoms in total. The number of nitrogens with one attached hydrogen (secondary N) is 1. The minimum Gasteiger partial charge on any atom is -0.323 e. The number of benzene rings is 3. The summed E-state index contributed by atoms with van der Waals surface area (Å²) in [6.45, 7) is 0.0866. The van der Waals surface area contributed by atoms with Crippen LogP contribution in [0.4, 0.5) is 20.2 Å². The van der Waals surface area contributed by atoms with E-state index in [1.54, 1.807) is 18.2 Å². The number of anilines is 2. The topological polar surface area (TPSA) is 92.3 Å². The van der Waals surface area contributed by atoms with E-state index in [2.05, 4.69) is 15.3 Å². The van der Waals surface area contributed by atoms with E-state index >= 15 is 0 Å². The summed E-state index contributed by atoms with van der Waals surface area (Å²) in [7, 11) is -4.02. The smallest absolute Gasteiger partial charge is 0.268 e. The highest BCUT2D eigenvalue weighted by molar-refractivity contribution is 7.99. The standard InChI is InChI=1S/C25H17ClF2N4O3S2/c26-16-6-8-18-21(10-16)32(13-15-4-2-1-3-5-15)37(34,35)22-12-29-25(31-24(18)22)36-14-23(33)30-20-11-17(27)7-9-19(20)28/h1-12H,13-14H2,(H,30,33). The zero-order valence-corrected chi connectivity index (χ0v) is 21.2. The Labute approximate surface area is 220 Å². The minimum atomic E-state index is -4.02. The number of carbonyl (C=O) groups is 1. The van der Waals surface area contributed by atoms with Gasteiger partial charge in [-0.15, -0.1) is 0 Å². The van der Waals surface area contributed by atoms with Crippen LogP contribution in [-0.4, -0.2) is 30.0 Å². The first-order valence-corrected chi connectivity index (χ1v) is 13.6. The predicted molar refractivity (Wildman–Crippen MR) is 138 cm³/mol. The molecule has 0 saturated carbocycles. The maximum atomic E-state index is 13.8. The number of halogens is 3. The summed E-state index contributed by atoms with van der Waals surface area (Å²) in [5.74, 6) is -2.28. The number of sulfonamides is 1. The normalized spacial score (nSPS) is 13.5. The molecule has 0 unspecified atom stereocenters. The van der Waals surface area contributed by atoms with E-state index < -0.39 is 27.6 Å². The van der Waals surface area contributed by atoms with Gasteiger partial charge in [0.1, 0.15) is 16.5 Å². The van der Waals surface area contributed by atoms with Crippen molar-refractivity contribution < 1.29 is 22.0 Å². The molecule has 37 heavy (non-hydrogen) atoms. The molecule has 0 aliphatic carbocycles. The van der Waals surface area contributed by atoms with Gasteiger partial charge >= 0.3 is 0 Å². The molecule has 12 heteroatoms. The Morgan fingerprint density at radius 2 is 1.84 bits per heavy atom. The second kappa shape index (κ2) is 10.1. The molecule has 0 fully saturated rings. The van der Waals surface area contributed by atoms with Crippen molar-refractivity contribution in [2.45, 2.75) is 16.6 Å². The summed E-state index contributed by atoms with van der Waals surface area (Å²) < 4.78 is 55.6. The fourth-order valence-corrected chi connectivity index (χ4v) is 6.13. The molecule has 0 atom stereocenters. The highest BCUT2D eigenvalue weighted by atomic mass is 35.5. The summed E-state index contributed by atoms with van der Waals surface area (Å²) in [5, 5.41) is 2.80. The van der Waals surface area contributed by atoms with Gasteiger partial charge in [0.05, 0.1) is 35.6 Å². The number of aromatic nitrogens is 2. The molecule has 4 aromatic rings. The maximum absolute atomic E-state index is 13.8. The second-order valence-electron chi connectivity index (χ2n) is 7.99. The van der Waals surface area contributed by atoms with Gasteiger partial charge in [-0.3, -0.25) is 9.10 Å². The molecule has 0 saturated heterocycles. The average molecular weight is 559 g/mol. The zero-order valence-electron chi connectivity index (χ0n) is 18.9. The van der Waals surface area contributed by atoms with Crippen LogP contribution in [0.5, 0.6) is 0 Å². The number of hydrogen-bond donors (Lipinski definition) is 1. The lowest BCUT2D eigenvalue weighted by Crippen LogP contribution is -2.34. The first-order chi connectivity index (χ1) is 17.7. The van der Waals surface area contributed by atoms with Gasteiger partial charge in [-0.2, -0.15) is 0 Å². The molecule has 1 aromatic heterocycles. The second-order valence-corrected chi connectivity index (χ2v) is 11.2. The van der Waals surface area contributed by atoms with E-state index in [-0.39, 0.29) is 33.7 Å². The molecule has 1 N–H and O–H groups in total. The van der Waals surface area contributed by atoms with Crippen LogP contribution >= 0.6 is 23.4 Å². The van der Waals surface area contributed by atoms with E-state index in [9.17, 15) is 22.0 Å². The Balaban J connectivity index is 1.43. The summed E-state index contributed by atoms with van der Waals surface area (Å²) in [6, 6.07) is 16.8. The van der Waals surface area contributed by atoms with E-state index in [4.69, 9.17) is 11.6 Å². The van der Waals surface area contributed by atoms with Gasteiger partial charge in [-0.05, 0) is 35.9 Å². The third kappa shape index (κ3) is 5.15. The number of rotatable bonds is 6. The lowest BCUT2D eigenvalue weighted by Gasteiger charge is -2.31. The van der Waals surface area contributed by atoms with Gasteiger partial charge in [-0.25, -0.2) is 27.2 Å². The van der Waals surface area contributed by atoms with Gasteiger partial charge in [0.25, 0.3) is 10.0 Å². The predicted octanol–water partition coefficient (Wildman–Crippen LogP) is 5.51. The number of amides is 1. The van der Waals surface area contributed by atoms with Crippen LogP contribution in [-0.2, 0) is 21.4 Å². The fourth-order valence-electron chi connectivity index (χ4n) is 3.79. The SMILES string of the molecule is O=C(CSc1ncc2c(n1)-c1ccc(Cl)cc1N(Cc1ccccc1)S2(=O)=O)Nc1cc(F)ccc1F. The van der Waals surface area contributed by atoms with Crippen LogP contribution in [0, 0.1) is 11.6 Å². The van der Waals surface area contributed by atoms with Crippen LogP contribution < -0.4 is 9.62 Å². The Hall–Kier alpha value is -3.54. The summed E-state index contributed by atoms with van der Waals surface area (Å²) in [5.41, 5.74) is 1.60. The van der Waals surface area contributed by atoms with Crippen molar-refractivity contribution in [3.05, 3.63) is 95.1 Å². The number of carbonyl (C=O) groups excluding carboxylic acids is 1. The third-order valence-corrected chi connectivity index (χ3v) is 8.35. The molecule has 0 bridgehead atoms. The molecule has 1 amide bonds. The Morgan fingerprint density at radius 1 is 1.05 bits per heavy atom. The fraction of sp³-hybridized carbons (Fsp3) is 0.0800. The van der Waals surface area contributed by atoms with Gasteiger partial charge < -0.3 is 5.32 Å². The van der Waals surface area contributed by atoms with Crippen molar-refractivity contribution in [1.82, 2.24) is 9.97 Å².